The fourth-order valence-corrected chi connectivity index (χ4v) is 3.48. The van der Waals surface area contributed by atoms with Crippen molar-refractivity contribution < 1.29 is 4.79 Å². The van der Waals surface area contributed by atoms with Crippen LogP contribution in [0.1, 0.15) is 58.8 Å². The van der Waals surface area contributed by atoms with Gasteiger partial charge >= 0.3 is 0 Å². The first kappa shape index (κ1) is 13.1. The van der Waals surface area contributed by atoms with Gasteiger partial charge in [0.05, 0.1) is 0 Å². The van der Waals surface area contributed by atoms with Gasteiger partial charge in [-0.05, 0) is 24.7 Å². The van der Waals surface area contributed by atoms with Crippen LogP contribution in [0, 0.1) is 11.8 Å². The number of likely N-dealkylation sites (tertiary alicyclic amines) is 1. The standard InChI is InChI=1S/C15H27NO/c1-12(2)15-10-14(17)8-9-16(15)11-13-6-4-3-5-7-13/h12-13,15H,3-11H2,1-2H3. The number of Topliss-reactive ketones (excluding diaryl/α,β-unsaturated/α-hetero) is 1. The molecular weight excluding hydrogens is 210 g/mol. The summed E-state index contributed by atoms with van der Waals surface area (Å²) in [5.41, 5.74) is 0. The Labute approximate surface area is 106 Å². The summed E-state index contributed by atoms with van der Waals surface area (Å²) in [6.07, 6.45) is 8.68. The molecule has 2 fully saturated rings. The highest BCUT2D eigenvalue weighted by Gasteiger charge is 2.30. The maximum absolute atomic E-state index is 11.6. The van der Waals surface area contributed by atoms with Crippen LogP contribution in [0.25, 0.3) is 0 Å². The Hall–Kier alpha value is -0.370. The summed E-state index contributed by atoms with van der Waals surface area (Å²) in [6, 6.07) is 0.512. The molecule has 1 saturated heterocycles. The van der Waals surface area contributed by atoms with Crippen molar-refractivity contribution in [3.8, 4) is 0 Å². The SMILES string of the molecule is CC(C)C1CC(=O)CCN1CC1CCCCC1. The molecule has 0 radical (unpaired) electrons. The third-order valence-electron chi connectivity index (χ3n) is 4.57. The summed E-state index contributed by atoms with van der Waals surface area (Å²) in [4.78, 5) is 14.2. The number of carbonyl (C=O) groups excluding carboxylic acids is 1. The molecular formula is C15H27NO. The molecule has 1 saturated carbocycles. The predicted octanol–water partition coefficient (Wildman–Crippen LogP) is 3.26. The molecule has 98 valence electrons. The second-order valence-electron chi connectivity index (χ2n) is 6.30. The van der Waals surface area contributed by atoms with Crippen molar-refractivity contribution in [3.05, 3.63) is 0 Å². The van der Waals surface area contributed by atoms with Crippen molar-refractivity contribution in [2.75, 3.05) is 13.1 Å². The van der Waals surface area contributed by atoms with E-state index in [9.17, 15) is 4.79 Å². The molecule has 2 rings (SSSR count). The number of rotatable bonds is 3. The van der Waals surface area contributed by atoms with Crippen molar-refractivity contribution in [2.45, 2.75) is 64.8 Å². The first-order valence-corrected chi connectivity index (χ1v) is 7.42. The number of ketones is 1. The highest BCUT2D eigenvalue weighted by molar-refractivity contribution is 5.80. The van der Waals surface area contributed by atoms with Crippen molar-refractivity contribution in [1.82, 2.24) is 4.90 Å². The molecule has 2 nitrogen and oxygen atoms in total. The van der Waals surface area contributed by atoms with Gasteiger partial charge in [0, 0.05) is 32.0 Å². The summed E-state index contributed by atoms with van der Waals surface area (Å²) < 4.78 is 0. The van der Waals surface area contributed by atoms with Crippen LogP contribution >= 0.6 is 0 Å². The average Bonchev–Trinajstić information content (AvgIpc) is 2.32. The van der Waals surface area contributed by atoms with Gasteiger partial charge in [0.25, 0.3) is 0 Å². The Morgan fingerprint density at radius 3 is 2.59 bits per heavy atom. The number of hydrogen-bond acceptors (Lipinski definition) is 2. The van der Waals surface area contributed by atoms with Gasteiger partial charge in [-0.25, -0.2) is 0 Å². The summed E-state index contributed by atoms with van der Waals surface area (Å²) in [6.45, 7) is 6.78. The predicted molar refractivity (Wildman–Crippen MR) is 71.0 cm³/mol. The zero-order valence-electron chi connectivity index (χ0n) is 11.5. The number of carbonyl (C=O) groups is 1. The van der Waals surface area contributed by atoms with Crippen LogP contribution in [0.5, 0.6) is 0 Å². The molecule has 1 atom stereocenters. The van der Waals surface area contributed by atoms with E-state index in [1.807, 2.05) is 0 Å². The largest absolute Gasteiger partial charge is 0.300 e. The van der Waals surface area contributed by atoms with E-state index >= 15 is 0 Å². The lowest BCUT2D eigenvalue weighted by atomic mass is 9.86. The van der Waals surface area contributed by atoms with E-state index in [0.29, 0.717) is 17.7 Å². The Balaban J connectivity index is 1.90. The van der Waals surface area contributed by atoms with E-state index in [-0.39, 0.29) is 0 Å². The highest BCUT2D eigenvalue weighted by Crippen LogP contribution is 2.28. The Morgan fingerprint density at radius 2 is 1.94 bits per heavy atom. The minimum absolute atomic E-state index is 0.476. The van der Waals surface area contributed by atoms with Crippen LogP contribution in [-0.4, -0.2) is 29.8 Å². The summed E-state index contributed by atoms with van der Waals surface area (Å²) in [5.74, 6) is 1.99. The third-order valence-corrected chi connectivity index (χ3v) is 4.57. The van der Waals surface area contributed by atoms with Crippen LogP contribution in [0.3, 0.4) is 0 Å². The zero-order valence-corrected chi connectivity index (χ0v) is 11.5. The Bertz CT molecular complexity index is 256. The molecule has 0 spiro atoms. The lowest BCUT2D eigenvalue weighted by Gasteiger charge is -2.40. The summed E-state index contributed by atoms with van der Waals surface area (Å²) in [7, 11) is 0. The molecule has 1 heterocycles. The molecule has 0 aromatic carbocycles. The first-order valence-electron chi connectivity index (χ1n) is 7.42. The molecule has 0 aromatic rings. The molecule has 2 heteroatoms. The van der Waals surface area contributed by atoms with Crippen molar-refractivity contribution in [1.29, 1.82) is 0 Å². The van der Waals surface area contributed by atoms with Crippen LogP contribution in [0.15, 0.2) is 0 Å². The average molecular weight is 237 g/mol. The van der Waals surface area contributed by atoms with Crippen molar-refractivity contribution in [2.24, 2.45) is 11.8 Å². The topological polar surface area (TPSA) is 20.3 Å². The molecule has 2 aliphatic rings. The van der Waals surface area contributed by atoms with Gasteiger partial charge in [0.15, 0.2) is 0 Å². The van der Waals surface area contributed by atoms with Crippen molar-refractivity contribution >= 4 is 5.78 Å². The zero-order chi connectivity index (χ0) is 12.3. The summed E-state index contributed by atoms with van der Waals surface area (Å²) >= 11 is 0. The Morgan fingerprint density at radius 1 is 1.24 bits per heavy atom. The van der Waals surface area contributed by atoms with Crippen molar-refractivity contribution in [3.63, 3.8) is 0 Å². The minimum atomic E-state index is 0.476. The molecule has 17 heavy (non-hydrogen) atoms. The van der Waals surface area contributed by atoms with Gasteiger partial charge in [0.1, 0.15) is 5.78 Å². The van der Waals surface area contributed by atoms with E-state index in [4.69, 9.17) is 0 Å². The molecule has 0 aromatic heterocycles. The molecule has 0 bridgehead atoms. The van der Waals surface area contributed by atoms with Gasteiger partial charge < -0.3 is 0 Å². The number of hydrogen-bond donors (Lipinski definition) is 0. The first-order chi connectivity index (χ1) is 8.16. The monoisotopic (exact) mass is 237 g/mol. The van der Waals surface area contributed by atoms with Crippen LogP contribution < -0.4 is 0 Å². The van der Waals surface area contributed by atoms with Gasteiger partial charge in [-0.3, -0.25) is 9.69 Å². The second kappa shape index (κ2) is 5.99. The van der Waals surface area contributed by atoms with Gasteiger partial charge in [-0.2, -0.15) is 0 Å². The second-order valence-corrected chi connectivity index (χ2v) is 6.30. The van der Waals surface area contributed by atoms with E-state index in [1.54, 1.807) is 0 Å². The van der Waals surface area contributed by atoms with E-state index < -0.39 is 0 Å². The smallest absolute Gasteiger partial charge is 0.135 e. The fourth-order valence-electron chi connectivity index (χ4n) is 3.48. The third kappa shape index (κ3) is 3.54. The van der Waals surface area contributed by atoms with Gasteiger partial charge in [-0.15, -0.1) is 0 Å². The van der Waals surface area contributed by atoms with E-state index in [1.165, 1.54) is 38.6 Å². The Kier molecular flexibility index (Phi) is 4.61. The quantitative estimate of drug-likeness (QED) is 0.751. The van der Waals surface area contributed by atoms with E-state index in [0.717, 1.165) is 25.3 Å². The van der Waals surface area contributed by atoms with Crippen LogP contribution in [0.4, 0.5) is 0 Å². The van der Waals surface area contributed by atoms with Gasteiger partial charge in [0.2, 0.25) is 0 Å². The molecule has 0 N–H and O–H groups in total. The maximum Gasteiger partial charge on any atom is 0.135 e. The van der Waals surface area contributed by atoms with Gasteiger partial charge in [-0.1, -0.05) is 33.1 Å². The molecule has 1 aliphatic heterocycles. The minimum Gasteiger partial charge on any atom is -0.300 e. The number of piperidine rings is 1. The summed E-state index contributed by atoms with van der Waals surface area (Å²) in [5, 5.41) is 0. The number of nitrogens with zero attached hydrogens (tertiary/aromatic N) is 1. The fraction of sp³-hybridized carbons (Fsp3) is 0.933. The molecule has 1 aliphatic carbocycles. The van der Waals surface area contributed by atoms with E-state index in [2.05, 4.69) is 18.7 Å². The maximum atomic E-state index is 11.6. The highest BCUT2D eigenvalue weighted by atomic mass is 16.1. The van der Waals surface area contributed by atoms with Crippen LogP contribution in [0.2, 0.25) is 0 Å². The lowest BCUT2D eigenvalue weighted by Crippen LogP contribution is -2.47. The molecule has 0 amide bonds. The van der Waals surface area contributed by atoms with Crippen LogP contribution in [-0.2, 0) is 4.79 Å². The lowest BCUT2D eigenvalue weighted by molar-refractivity contribution is -0.124. The normalized spacial score (nSPS) is 28.9. The molecule has 1 unspecified atom stereocenters.